The Hall–Kier alpha value is -3.26. The van der Waals surface area contributed by atoms with Crippen LogP contribution in [0.3, 0.4) is 0 Å². The van der Waals surface area contributed by atoms with E-state index in [4.69, 9.17) is 9.15 Å². The van der Waals surface area contributed by atoms with Crippen LogP contribution in [-0.4, -0.2) is 16.9 Å². The van der Waals surface area contributed by atoms with Gasteiger partial charge >= 0.3 is 6.03 Å². The second-order valence-corrected chi connectivity index (χ2v) is 7.35. The minimum Gasteiger partial charge on any atom is -0.487 e. The van der Waals surface area contributed by atoms with Gasteiger partial charge in [0.25, 0.3) is 5.91 Å². The summed E-state index contributed by atoms with van der Waals surface area (Å²) in [6.45, 7) is 2.42. The van der Waals surface area contributed by atoms with Gasteiger partial charge in [0.15, 0.2) is 6.04 Å². The number of urea groups is 1. The number of nitrogens with one attached hydrogen (secondary N) is 2. The van der Waals surface area contributed by atoms with Gasteiger partial charge in [-0.2, -0.15) is 0 Å². The average Bonchev–Trinajstić information content (AvgIpc) is 3.26. The van der Waals surface area contributed by atoms with Crippen molar-refractivity contribution in [2.24, 2.45) is 0 Å². The lowest BCUT2D eigenvalue weighted by Gasteiger charge is -2.09. The molecule has 0 bridgehead atoms. The van der Waals surface area contributed by atoms with Crippen molar-refractivity contribution in [1.29, 1.82) is 0 Å². The Bertz CT molecular complexity index is 1020. The predicted octanol–water partition coefficient (Wildman–Crippen LogP) is 3.59. The molecule has 1 aromatic carbocycles. The van der Waals surface area contributed by atoms with Crippen LogP contribution >= 0.6 is 11.8 Å². The zero-order valence-corrected chi connectivity index (χ0v) is 15.8. The van der Waals surface area contributed by atoms with Crippen molar-refractivity contribution in [3.05, 3.63) is 71.9 Å². The number of carbonyl (C=O) groups excluding carboxylic acids is 2. The topological polar surface area (TPSA) is 93.5 Å². The predicted molar refractivity (Wildman–Crippen MR) is 102 cm³/mol. The van der Waals surface area contributed by atoms with Gasteiger partial charge in [-0.05, 0) is 55.0 Å². The van der Waals surface area contributed by atoms with Gasteiger partial charge in [0, 0.05) is 11.1 Å². The van der Waals surface area contributed by atoms with E-state index in [0.717, 1.165) is 26.8 Å². The van der Waals surface area contributed by atoms with E-state index in [1.165, 1.54) is 18.0 Å². The second-order valence-electron chi connectivity index (χ2n) is 6.23. The minimum atomic E-state index is -0.811. The molecule has 0 saturated carbocycles. The molecule has 2 aromatic heterocycles. The molecular formula is C20H17N3O4S. The van der Waals surface area contributed by atoms with Gasteiger partial charge in [0.2, 0.25) is 0 Å². The van der Waals surface area contributed by atoms with Crippen LogP contribution < -0.4 is 15.4 Å². The number of pyridine rings is 1. The number of nitrogens with zero attached hydrogens (tertiary/aromatic N) is 1. The molecule has 2 N–H and O–H groups in total. The normalized spacial score (nSPS) is 16.0. The summed E-state index contributed by atoms with van der Waals surface area (Å²) in [5.41, 5.74) is 2.02. The van der Waals surface area contributed by atoms with Crippen molar-refractivity contribution in [2.75, 3.05) is 0 Å². The Morgan fingerprint density at radius 3 is 2.71 bits per heavy atom. The SMILES string of the molecule is Cc1ccnc(COc2ccc(Sc3ccoc3C3NC(=O)NC3=O)cc2)c1. The Kier molecular flexibility index (Phi) is 5.03. The number of hydrogen-bond donors (Lipinski definition) is 2. The van der Waals surface area contributed by atoms with E-state index in [1.54, 1.807) is 12.3 Å². The first-order valence-corrected chi connectivity index (χ1v) is 9.41. The van der Waals surface area contributed by atoms with Gasteiger partial charge in [-0.25, -0.2) is 4.79 Å². The maximum absolute atomic E-state index is 11.9. The average molecular weight is 395 g/mol. The number of aryl methyl sites for hydroxylation is 1. The summed E-state index contributed by atoms with van der Waals surface area (Å²) in [7, 11) is 0. The lowest BCUT2D eigenvalue weighted by molar-refractivity contribution is -0.120. The number of imide groups is 1. The number of amides is 3. The van der Waals surface area contributed by atoms with Crippen molar-refractivity contribution in [2.45, 2.75) is 29.4 Å². The third-order valence-electron chi connectivity index (χ3n) is 4.10. The van der Waals surface area contributed by atoms with Crippen molar-refractivity contribution < 1.29 is 18.7 Å². The summed E-state index contributed by atoms with van der Waals surface area (Å²) in [6.07, 6.45) is 3.27. The molecule has 1 aliphatic heterocycles. The number of hydrogen-bond acceptors (Lipinski definition) is 6. The van der Waals surface area contributed by atoms with Gasteiger partial charge < -0.3 is 14.5 Å². The number of ether oxygens (including phenoxy) is 1. The smallest absolute Gasteiger partial charge is 0.322 e. The molecule has 0 spiro atoms. The zero-order valence-electron chi connectivity index (χ0n) is 15.0. The molecule has 1 fully saturated rings. The summed E-state index contributed by atoms with van der Waals surface area (Å²) in [4.78, 5) is 29.2. The molecule has 3 amide bonds. The zero-order chi connectivity index (χ0) is 19.5. The molecule has 4 rings (SSSR count). The Morgan fingerprint density at radius 1 is 1.18 bits per heavy atom. The number of benzene rings is 1. The van der Waals surface area contributed by atoms with E-state index < -0.39 is 18.0 Å². The van der Waals surface area contributed by atoms with Gasteiger partial charge in [-0.1, -0.05) is 11.8 Å². The summed E-state index contributed by atoms with van der Waals surface area (Å²) in [6, 6.07) is 12.0. The standard InChI is InChI=1S/C20H17N3O4S/c1-12-6-8-21-13(10-12)11-27-14-2-4-15(5-3-14)28-16-7-9-26-18(16)17-19(24)23-20(25)22-17/h2-10,17H,11H2,1H3,(H2,22,23,24,25). The first-order chi connectivity index (χ1) is 13.6. The summed E-state index contributed by atoms with van der Waals surface area (Å²) in [5.74, 6) is 0.733. The quantitative estimate of drug-likeness (QED) is 0.620. The minimum absolute atomic E-state index is 0.399. The van der Waals surface area contributed by atoms with Crippen LogP contribution in [0.25, 0.3) is 0 Å². The molecule has 0 aliphatic carbocycles. The van der Waals surface area contributed by atoms with Crippen molar-refractivity contribution in [3.8, 4) is 5.75 Å². The number of aromatic nitrogens is 1. The maximum atomic E-state index is 11.9. The van der Waals surface area contributed by atoms with Crippen LogP contribution in [0.1, 0.15) is 23.1 Å². The molecule has 8 heteroatoms. The Balaban J connectivity index is 1.41. The first kappa shape index (κ1) is 18.1. The van der Waals surface area contributed by atoms with Crippen LogP contribution in [0.4, 0.5) is 4.79 Å². The molecule has 3 heterocycles. The third-order valence-corrected chi connectivity index (χ3v) is 5.17. The Labute approximate surface area is 165 Å². The highest BCUT2D eigenvalue weighted by Crippen LogP contribution is 2.35. The first-order valence-electron chi connectivity index (χ1n) is 8.59. The molecule has 1 unspecified atom stereocenters. The molecule has 28 heavy (non-hydrogen) atoms. The van der Waals surface area contributed by atoms with Crippen LogP contribution in [0.5, 0.6) is 5.75 Å². The highest BCUT2D eigenvalue weighted by atomic mass is 32.2. The largest absolute Gasteiger partial charge is 0.487 e. The molecule has 3 aromatic rings. The number of furan rings is 1. The third kappa shape index (κ3) is 4.01. The van der Waals surface area contributed by atoms with Crippen LogP contribution in [0.2, 0.25) is 0 Å². The van der Waals surface area contributed by atoms with E-state index in [2.05, 4.69) is 15.6 Å². The van der Waals surface area contributed by atoms with Crippen LogP contribution in [-0.2, 0) is 11.4 Å². The van der Waals surface area contributed by atoms with Crippen LogP contribution in [0, 0.1) is 6.92 Å². The molecule has 1 saturated heterocycles. The summed E-state index contributed by atoms with van der Waals surface area (Å²) >= 11 is 1.44. The number of rotatable bonds is 6. The summed E-state index contributed by atoms with van der Waals surface area (Å²) in [5, 5.41) is 4.75. The molecular weight excluding hydrogens is 378 g/mol. The summed E-state index contributed by atoms with van der Waals surface area (Å²) < 4.78 is 11.2. The van der Waals surface area contributed by atoms with E-state index >= 15 is 0 Å². The van der Waals surface area contributed by atoms with E-state index in [9.17, 15) is 9.59 Å². The maximum Gasteiger partial charge on any atom is 0.322 e. The van der Waals surface area contributed by atoms with Gasteiger partial charge in [-0.3, -0.25) is 15.1 Å². The second kappa shape index (κ2) is 7.77. The fourth-order valence-electron chi connectivity index (χ4n) is 2.77. The monoisotopic (exact) mass is 395 g/mol. The molecule has 142 valence electrons. The number of carbonyl (C=O) groups is 2. The van der Waals surface area contributed by atoms with Crippen molar-refractivity contribution >= 4 is 23.7 Å². The van der Waals surface area contributed by atoms with Crippen molar-refractivity contribution in [1.82, 2.24) is 15.6 Å². The highest BCUT2D eigenvalue weighted by Gasteiger charge is 2.35. The highest BCUT2D eigenvalue weighted by molar-refractivity contribution is 7.99. The lowest BCUT2D eigenvalue weighted by atomic mass is 10.2. The van der Waals surface area contributed by atoms with E-state index in [0.29, 0.717) is 12.4 Å². The van der Waals surface area contributed by atoms with Crippen LogP contribution in [0.15, 0.2) is 69.1 Å². The molecule has 7 nitrogen and oxygen atoms in total. The Morgan fingerprint density at radius 2 is 2.00 bits per heavy atom. The van der Waals surface area contributed by atoms with Crippen molar-refractivity contribution in [3.63, 3.8) is 0 Å². The van der Waals surface area contributed by atoms with E-state index in [1.807, 2.05) is 43.3 Å². The van der Waals surface area contributed by atoms with E-state index in [-0.39, 0.29) is 0 Å². The molecule has 0 radical (unpaired) electrons. The molecule has 1 aliphatic rings. The molecule has 1 atom stereocenters. The lowest BCUT2D eigenvalue weighted by Crippen LogP contribution is -2.22. The fourth-order valence-corrected chi connectivity index (χ4v) is 3.69. The van der Waals surface area contributed by atoms with Gasteiger partial charge in [-0.15, -0.1) is 0 Å². The van der Waals surface area contributed by atoms with Gasteiger partial charge in [0.1, 0.15) is 18.1 Å². The van der Waals surface area contributed by atoms with Gasteiger partial charge in [0.05, 0.1) is 16.9 Å². The fraction of sp³-hybridized carbons (Fsp3) is 0.150.